The van der Waals surface area contributed by atoms with E-state index in [1.54, 1.807) is 0 Å². The molecule has 4 N–H and O–H groups in total. The maximum atomic E-state index is 11.4. The van der Waals surface area contributed by atoms with E-state index in [9.17, 15) is 4.79 Å². The molecule has 0 saturated carbocycles. The first-order valence-electron chi connectivity index (χ1n) is 4.46. The number of nitrogens with zero attached hydrogens (tertiary/aromatic N) is 1. The van der Waals surface area contributed by atoms with Crippen LogP contribution in [0.5, 0.6) is 0 Å². The highest BCUT2D eigenvalue weighted by Gasteiger charge is 2.12. The van der Waals surface area contributed by atoms with Crippen LogP contribution in [0.15, 0.2) is 11.0 Å². The van der Waals surface area contributed by atoms with Crippen molar-refractivity contribution in [3.63, 3.8) is 0 Å². The van der Waals surface area contributed by atoms with Gasteiger partial charge in [0.2, 0.25) is 0 Å². The van der Waals surface area contributed by atoms with Gasteiger partial charge in [-0.3, -0.25) is 4.79 Å². The van der Waals surface area contributed by atoms with E-state index in [1.807, 2.05) is 20.0 Å². The van der Waals surface area contributed by atoms with Crippen LogP contribution in [0.4, 0.5) is 5.82 Å². The maximum absolute atomic E-state index is 11.4. The Morgan fingerprint density at radius 2 is 2.21 bits per heavy atom. The lowest BCUT2D eigenvalue weighted by molar-refractivity contribution is 0.875. The third-order valence-electron chi connectivity index (χ3n) is 2.29. The Kier molecular flexibility index (Phi) is 1.80. The number of nitrogen functional groups attached to an aromatic ring is 1. The van der Waals surface area contributed by atoms with Crippen molar-refractivity contribution >= 4 is 16.7 Å². The smallest absolute Gasteiger partial charge is 0.288 e. The second-order valence-electron chi connectivity index (χ2n) is 3.59. The van der Waals surface area contributed by atoms with Gasteiger partial charge in [-0.25, -0.2) is 5.10 Å². The van der Waals surface area contributed by atoms with E-state index in [0.717, 1.165) is 10.9 Å². The molecule has 2 rings (SSSR count). The molecular weight excluding hydrogens is 180 g/mol. The van der Waals surface area contributed by atoms with E-state index in [1.165, 1.54) is 0 Å². The lowest BCUT2D eigenvalue weighted by Gasteiger charge is -2.02. The molecule has 0 fully saturated rings. The quantitative estimate of drug-likeness (QED) is 0.628. The summed E-state index contributed by atoms with van der Waals surface area (Å²) in [6.07, 6.45) is 1.81. The van der Waals surface area contributed by atoms with Gasteiger partial charge >= 0.3 is 0 Å². The Bertz CT molecular complexity index is 523. The summed E-state index contributed by atoms with van der Waals surface area (Å²) >= 11 is 0. The average Bonchev–Trinajstić information content (AvgIpc) is 2.56. The van der Waals surface area contributed by atoms with E-state index in [-0.39, 0.29) is 5.56 Å². The molecule has 0 unspecified atom stereocenters. The van der Waals surface area contributed by atoms with Gasteiger partial charge in [-0.1, -0.05) is 13.8 Å². The molecule has 0 aliphatic carbocycles. The van der Waals surface area contributed by atoms with Gasteiger partial charge in [-0.05, 0) is 11.5 Å². The number of hydrogen-bond acceptors (Lipinski definition) is 3. The van der Waals surface area contributed by atoms with E-state index in [4.69, 9.17) is 5.73 Å². The van der Waals surface area contributed by atoms with Gasteiger partial charge in [-0.2, -0.15) is 5.10 Å². The topological polar surface area (TPSA) is 87.6 Å². The molecule has 0 bridgehead atoms. The zero-order valence-electron chi connectivity index (χ0n) is 8.09. The minimum absolute atomic E-state index is 0.235. The molecule has 2 aromatic rings. The first-order valence-corrected chi connectivity index (χ1v) is 4.46. The second-order valence-corrected chi connectivity index (χ2v) is 3.59. The van der Waals surface area contributed by atoms with Crippen LogP contribution in [0.1, 0.15) is 25.3 Å². The predicted octanol–water partition coefficient (Wildman–Crippen LogP) is 0.957. The summed E-state index contributed by atoms with van der Waals surface area (Å²) in [5, 5.41) is 6.81. The summed E-state index contributed by atoms with van der Waals surface area (Å²) in [6.45, 7) is 4.09. The van der Waals surface area contributed by atoms with Gasteiger partial charge in [0, 0.05) is 6.20 Å². The van der Waals surface area contributed by atoms with Crippen LogP contribution >= 0.6 is 0 Å². The lowest BCUT2D eigenvalue weighted by Crippen LogP contribution is -2.10. The van der Waals surface area contributed by atoms with Gasteiger partial charge in [0.1, 0.15) is 5.52 Å². The Balaban J connectivity index is 2.91. The standard InChI is InChI=1S/C9H12N4O/c1-4(2)5-3-11-7-6(5)8(10)12-13-9(7)14/h3-4,11H,1-2H3,(H2,10,12)(H,13,14). The molecule has 14 heavy (non-hydrogen) atoms. The molecule has 5 heteroatoms. The van der Waals surface area contributed by atoms with E-state index >= 15 is 0 Å². The van der Waals surface area contributed by atoms with Gasteiger partial charge in [0.05, 0.1) is 5.39 Å². The van der Waals surface area contributed by atoms with Gasteiger partial charge < -0.3 is 10.7 Å². The summed E-state index contributed by atoms with van der Waals surface area (Å²) in [7, 11) is 0. The zero-order valence-corrected chi connectivity index (χ0v) is 8.09. The van der Waals surface area contributed by atoms with E-state index < -0.39 is 0 Å². The summed E-state index contributed by atoms with van der Waals surface area (Å²) in [5.74, 6) is 0.680. The number of nitrogens with two attached hydrogens (primary N) is 1. The van der Waals surface area contributed by atoms with E-state index in [0.29, 0.717) is 17.3 Å². The maximum Gasteiger partial charge on any atom is 0.288 e. The Labute approximate surface area is 80.3 Å². The highest BCUT2D eigenvalue weighted by atomic mass is 16.1. The van der Waals surface area contributed by atoms with Crippen LogP contribution < -0.4 is 11.3 Å². The lowest BCUT2D eigenvalue weighted by atomic mass is 10.0. The Morgan fingerprint density at radius 3 is 2.86 bits per heavy atom. The summed E-state index contributed by atoms with van der Waals surface area (Å²) in [6, 6.07) is 0. The van der Waals surface area contributed by atoms with Gasteiger partial charge in [0.15, 0.2) is 5.82 Å². The van der Waals surface area contributed by atoms with Gasteiger partial charge in [0.25, 0.3) is 5.56 Å². The number of aromatic amines is 2. The fourth-order valence-corrected chi connectivity index (χ4v) is 1.57. The summed E-state index contributed by atoms with van der Waals surface area (Å²) in [5.41, 5.74) is 7.00. The fraction of sp³-hybridized carbons (Fsp3) is 0.333. The minimum atomic E-state index is -0.235. The Hall–Kier alpha value is -1.78. The molecule has 0 atom stereocenters. The molecule has 0 spiro atoms. The van der Waals surface area contributed by atoms with Crippen molar-refractivity contribution in [1.29, 1.82) is 0 Å². The number of rotatable bonds is 1. The summed E-state index contributed by atoms with van der Waals surface area (Å²) < 4.78 is 0. The van der Waals surface area contributed by atoms with Crippen molar-refractivity contribution in [2.45, 2.75) is 19.8 Å². The largest absolute Gasteiger partial charge is 0.382 e. The van der Waals surface area contributed by atoms with Crippen molar-refractivity contribution in [3.8, 4) is 0 Å². The molecule has 2 heterocycles. The zero-order chi connectivity index (χ0) is 10.3. The molecule has 0 saturated heterocycles. The van der Waals surface area contributed by atoms with Crippen molar-refractivity contribution in [2.24, 2.45) is 0 Å². The molecule has 2 aromatic heterocycles. The normalized spacial score (nSPS) is 11.4. The molecule has 0 amide bonds. The monoisotopic (exact) mass is 192 g/mol. The third kappa shape index (κ3) is 1.09. The first-order chi connectivity index (χ1) is 6.61. The SMILES string of the molecule is CC(C)c1c[nH]c2c(=O)[nH]nc(N)c12. The van der Waals surface area contributed by atoms with Crippen molar-refractivity contribution in [3.05, 3.63) is 22.1 Å². The number of aromatic nitrogens is 3. The van der Waals surface area contributed by atoms with Crippen LogP contribution in [-0.2, 0) is 0 Å². The predicted molar refractivity (Wildman–Crippen MR) is 55.2 cm³/mol. The molecule has 5 nitrogen and oxygen atoms in total. The summed E-state index contributed by atoms with van der Waals surface area (Å²) in [4.78, 5) is 14.3. The van der Waals surface area contributed by atoms with Gasteiger partial charge in [-0.15, -0.1) is 0 Å². The average molecular weight is 192 g/mol. The number of nitrogens with one attached hydrogen (secondary N) is 2. The molecular formula is C9H12N4O. The fourth-order valence-electron chi connectivity index (χ4n) is 1.57. The number of fused-ring (bicyclic) bond motifs is 1. The van der Waals surface area contributed by atoms with Crippen LogP contribution in [0.25, 0.3) is 10.9 Å². The number of H-pyrrole nitrogens is 2. The first kappa shape index (κ1) is 8.80. The van der Waals surface area contributed by atoms with Crippen LogP contribution in [0, 0.1) is 0 Å². The van der Waals surface area contributed by atoms with Crippen LogP contribution in [0.3, 0.4) is 0 Å². The second kappa shape index (κ2) is 2.87. The number of anilines is 1. The van der Waals surface area contributed by atoms with Crippen molar-refractivity contribution in [2.75, 3.05) is 5.73 Å². The van der Waals surface area contributed by atoms with Crippen molar-refractivity contribution in [1.82, 2.24) is 15.2 Å². The molecule has 0 aromatic carbocycles. The molecule has 0 aliphatic rings. The molecule has 74 valence electrons. The third-order valence-corrected chi connectivity index (χ3v) is 2.29. The van der Waals surface area contributed by atoms with Crippen molar-refractivity contribution < 1.29 is 0 Å². The molecule has 0 aliphatic heterocycles. The highest BCUT2D eigenvalue weighted by molar-refractivity contribution is 5.91. The number of hydrogen-bond donors (Lipinski definition) is 3. The van der Waals surface area contributed by atoms with Crippen LogP contribution in [0.2, 0.25) is 0 Å². The van der Waals surface area contributed by atoms with E-state index in [2.05, 4.69) is 15.2 Å². The highest BCUT2D eigenvalue weighted by Crippen LogP contribution is 2.25. The Morgan fingerprint density at radius 1 is 1.50 bits per heavy atom. The minimum Gasteiger partial charge on any atom is -0.382 e. The van der Waals surface area contributed by atoms with Crippen LogP contribution in [-0.4, -0.2) is 15.2 Å². The molecule has 0 radical (unpaired) electrons.